The number of ketones is 1. The topological polar surface area (TPSA) is 182 Å². The first kappa shape index (κ1) is 22.0. The summed E-state index contributed by atoms with van der Waals surface area (Å²) in [6.07, 6.45) is -9.46. The van der Waals surface area contributed by atoms with Crippen LogP contribution < -0.4 is 0 Å². The largest absolute Gasteiger partial charge is 0.387 e. The second-order valence-electron chi connectivity index (χ2n) is 7.39. The van der Waals surface area contributed by atoms with Crippen LogP contribution in [-0.2, 0) is 6.42 Å². The molecule has 0 aromatic heterocycles. The lowest BCUT2D eigenvalue weighted by Gasteiger charge is -2.52. The fourth-order valence-electron chi connectivity index (χ4n) is 3.78. The van der Waals surface area contributed by atoms with Crippen molar-refractivity contribution in [2.75, 3.05) is 0 Å². The van der Waals surface area contributed by atoms with Crippen LogP contribution >= 0.6 is 0 Å². The summed E-state index contributed by atoms with van der Waals surface area (Å²) >= 11 is 0. The first-order chi connectivity index (χ1) is 14.0. The van der Waals surface area contributed by atoms with E-state index in [0.29, 0.717) is 5.56 Å². The highest BCUT2D eigenvalue weighted by atomic mass is 16.6. The van der Waals surface area contributed by atoms with Gasteiger partial charge < -0.3 is 30.6 Å². The summed E-state index contributed by atoms with van der Waals surface area (Å²) in [5, 5.41) is 74.6. The molecular formula is C20H21NO9. The van der Waals surface area contributed by atoms with Crippen molar-refractivity contribution in [3.05, 3.63) is 75.8 Å². The van der Waals surface area contributed by atoms with Crippen molar-refractivity contribution in [2.45, 2.75) is 42.0 Å². The molecule has 0 spiro atoms. The van der Waals surface area contributed by atoms with Crippen LogP contribution in [0.15, 0.2) is 54.6 Å². The third-order valence-corrected chi connectivity index (χ3v) is 5.53. The van der Waals surface area contributed by atoms with Gasteiger partial charge in [-0.1, -0.05) is 30.3 Å². The number of aliphatic hydroxyl groups excluding tert-OH is 4. The molecule has 2 aromatic rings. The minimum atomic E-state index is -3.10. The normalized spacial score (nSPS) is 33.8. The van der Waals surface area contributed by atoms with Gasteiger partial charge in [0.1, 0.15) is 30.0 Å². The third-order valence-electron chi connectivity index (χ3n) is 5.53. The van der Waals surface area contributed by atoms with E-state index in [1.165, 1.54) is 0 Å². The molecule has 0 unspecified atom stereocenters. The van der Waals surface area contributed by atoms with Crippen LogP contribution in [0.25, 0.3) is 0 Å². The highest BCUT2D eigenvalue weighted by Crippen LogP contribution is 2.40. The minimum Gasteiger partial charge on any atom is -0.387 e. The van der Waals surface area contributed by atoms with Crippen molar-refractivity contribution >= 4 is 11.5 Å². The van der Waals surface area contributed by atoms with Gasteiger partial charge in [0.25, 0.3) is 5.69 Å². The van der Waals surface area contributed by atoms with E-state index in [1.54, 1.807) is 30.3 Å². The highest BCUT2D eigenvalue weighted by molar-refractivity contribution is 6.03. The van der Waals surface area contributed by atoms with Gasteiger partial charge in [-0.05, 0) is 17.7 Å². The van der Waals surface area contributed by atoms with Gasteiger partial charge in [-0.15, -0.1) is 0 Å². The van der Waals surface area contributed by atoms with Crippen molar-refractivity contribution in [1.82, 2.24) is 0 Å². The molecule has 3 rings (SSSR count). The van der Waals surface area contributed by atoms with Gasteiger partial charge >= 0.3 is 0 Å². The molecule has 0 amide bonds. The van der Waals surface area contributed by atoms with Crippen molar-refractivity contribution < 1.29 is 40.4 Å². The van der Waals surface area contributed by atoms with Crippen LogP contribution in [-0.4, -0.2) is 77.0 Å². The SMILES string of the molecule is O=C(c1ccc([N+](=O)[O-])cc1)[C@@]1(O)[C@@H](O)[C@H](O)[C@@H](O)[C@](O)(Cc2ccccc2)[C@@H]1O. The Kier molecular flexibility index (Phi) is 5.74. The molecule has 30 heavy (non-hydrogen) atoms. The summed E-state index contributed by atoms with van der Waals surface area (Å²) < 4.78 is 0. The maximum Gasteiger partial charge on any atom is 0.269 e. The predicted molar refractivity (Wildman–Crippen MR) is 101 cm³/mol. The number of rotatable bonds is 5. The standard InChI is InChI=1S/C20H21NO9/c22-14-16(24)19(27,10-11-4-2-1-3-5-11)18(26)20(28,17(14)25)15(23)12-6-8-13(9-7-12)21(29)30/h1-9,14,16-18,22,24-28H,10H2/t14-,16-,17+,18+,19-,20-/m1/s1. The van der Waals surface area contributed by atoms with E-state index in [1.807, 2.05) is 0 Å². The Morgan fingerprint density at radius 2 is 1.50 bits per heavy atom. The molecule has 0 radical (unpaired) electrons. The van der Waals surface area contributed by atoms with Gasteiger partial charge in [0.2, 0.25) is 0 Å². The number of non-ortho nitro benzene ring substituents is 1. The smallest absolute Gasteiger partial charge is 0.269 e. The second-order valence-corrected chi connectivity index (χ2v) is 7.39. The first-order valence-electron chi connectivity index (χ1n) is 9.03. The number of Topliss-reactive ketones (excluding diaryl/α,β-unsaturated/α-hetero) is 1. The molecule has 1 fully saturated rings. The Morgan fingerprint density at radius 3 is 2.03 bits per heavy atom. The summed E-state index contributed by atoms with van der Waals surface area (Å²) in [4.78, 5) is 23.1. The molecule has 1 aliphatic rings. The molecule has 0 heterocycles. The number of nitrogens with zero attached hydrogens (tertiary/aromatic N) is 1. The predicted octanol–water partition coefficient (Wildman–Crippen LogP) is -1.06. The lowest BCUT2D eigenvalue weighted by molar-refractivity contribution is -0.384. The second kappa shape index (κ2) is 7.84. The van der Waals surface area contributed by atoms with Crippen molar-refractivity contribution in [3.63, 3.8) is 0 Å². The fourth-order valence-corrected chi connectivity index (χ4v) is 3.78. The number of nitro groups is 1. The average molecular weight is 419 g/mol. The van der Waals surface area contributed by atoms with Gasteiger partial charge in [0, 0.05) is 24.1 Å². The van der Waals surface area contributed by atoms with E-state index in [9.17, 15) is 45.5 Å². The summed E-state index contributed by atoms with van der Waals surface area (Å²) in [6, 6.07) is 12.0. The maximum atomic E-state index is 13.0. The fraction of sp³-hybridized carbons (Fsp3) is 0.350. The molecule has 0 bridgehead atoms. The number of benzene rings is 2. The molecule has 10 heteroatoms. The Bertz CT molecular complexity index is 935. The molecule has 6 atom stereocenters. The number of nitro benzene ring substituents is 1. The van der Waals surface area contributed by atoms with Gasteiger partial charge in [-0.2, -0.15) is 0 Å². The highest BCUT2D eigenvalue weighted by Gasteiger charge is 2.67. The van der Waals surface area contributed by atoms with Gasteiger partial charge in [-0.25, -0.2) is 0 Å². The quantitative estimate of drug-likeness (QED) is 0.200. The minimum absolute atomic E-state index is 0.313. The summed E-state index contributed by atoms with van der Waals surface area (Å²) in [5.41, 5.74) is -5.92. The zero-order valence-corrected chi connectivity index (χ0v) is 15.6. The van der Waals surface area contributed by atoms with E-state index in [-0.39, 0.29) is 11.3 Å². The van der Waals surface area contributed by atoms with E-state index < -0.39 is 52.7 Å². The Morgan fingerprint density at radius 1 is 0.933 bits per heavy atom. The van der Waals surface area contributed by atoms with E-state index >= 15 is 0 Å². The van der Waals surface area contributed by atoms with E-state index in [4.69, 9.17) is 0 Å². The molecule has 160 valence electrons. The molecule has 10 nitrogen and oxygen atoms in total. The molecule has 1 aliphatic carbocycles. The Hall–Kier alpha value is -2.73. The maximum absolute atomic E-state index is 13.0. The summed E-state index contributed by atoms with van der Waals surface area (Å²) in [6.45, 7) is 0. The Balaban J connectivity index is 2.02. The monoisotopic (exact) mass is 419 g/mol. The van der Waals surface area contributed by atoms with Crippen LogP contribution in [0, 0.1) is 10.1 Å². The lowest BCUT2D eigenvalue weighted by atomic mass is 9.63. The van der Waals surface area contributed by atoms with Crippen LogP contribution in [0.4, 0.5) is 5.69 Å². The summed E-state index contributed by atoms with van der Waals surface area (Å²) in [5.74, 6) is -1.28. The third kappa shape index (κ3) is 3.39. The van der Waals surface area contributed by atoms with Gasteiger partial charge in [0.05, 0.1) is 4.92 Å². The summed E-state index contributed by atoms with van der Waals surface area (Å²) in [7, 11) is 0. The molecule has 6 N–H and O–H groups in total. The molecule has 0 aliphatic heterocycles. The number of hydrogen-bond acceptors (Lipinski definition) is 9. The average Bonchev–Trinajstić information content (AvgIpc) is 2.75. The molecular weight excluding hydrogens is 398 g/mol. The van der Waals surface area contributed by atoms with Crippen LogP contribution in [0.2, 0.25) is 0 Å². The lowest BCUT2D eigenvalue weighted by Crippen LogP contribution is -2.79. The molecule has 1 saturated carbocycles. The van der Waals surface area contributed by atoms with Crippen molar-refractivity contribution in [2.24, 2.45) is 0 Å². The zero-order valence-electron chi connectivity index (χ0n) is 15.6. The molecule has 0 saturated heterocycles. The zero-order chi connectivity index (χ0) is 22.3. The van der Waals surface area contributed by atoms with E-state index in [0.717, 1.165) is 24.3 Å². The van der Waals surface area contributed by atoms with Gasteiger partial charge in [-0.3, -0.25) is 14.9 Å². The number of carbonyl (C=O) groups excluding carboxylic acids is 1. The van der Waals surface area contributed by atoms with Crippen LogP contribution in [0.5, 0.6) is 0 Å². The van der Waals surface area contributed by atoms with Crippen molar-refractivity contribution in [3.8, 4) is 0 Å². The first-order valence-corrected chi connectivity index (χ1v) is 9.03. The van der Waals surface area contributed by atoms with Crippen molar-refractivity contribution in [1.29, 1.82) is 0 Å². The number of carbonyl (C=O) groups is 1. The molecule has 2 aromatic carbocycles. The number of hydrogen-bond donors (Lipinski definition) is 6. The van der Waals surface area contributed by atoms with E-state index in [2.05, 4.69) is 0 Å². The van der Waals surface area contributed by atoms with Gasteiger partial charge in [0.15, 0.2) is 11.4 Å². The Labute approximate surface area is 170 Å². The number of aliphatic hydroxyl groups is 6. The van der Waals surface area contributed by atoms with Crippen LogP contribution in [0.1, 0.15) is 15.9 Å². The van der Waals surface area contributed by atoms with Crippen LogP contribution in [0.3, 0.4) is 0 Å².